The Morgan fingerprint density at radius 1 is 1.43 bits per heavy atom. The first-order valence-corrected chi connectivity index (χ1v) is 7.81. The first-order chi connectivity index (χ1) is 11.1. The number of hydrogen-bond acceptors (Lipinski definition) is 5. The zero-order valence-electron chi connectivity index (χ0n) is 13.1. The highest BCUT2D eigenvalue weighted by Gasteiger charge is 2.35. The lowest BCUT2D eigenvalue weighted by atomic mass is 10.1. The number of carbonyl (C=O) groups excluding carboxylic acids is 1. The third-order valence-corrected chi connectivity index (χ3v) is 4.35. The lowest BCUT2D eigenvalue weighted by Crippen LogP contribution is -2.37. The summed E-state index contributed by atoms with van der Waals surface area (Å²) in [4.78, 5) is 25.3. The van der Waals surface area contributed by atoms with E-state index in [2.05, 4.69) is 0 Å². The molecule has 1 unspecified atom stereocenters. The Hall–Kier alpha value is -2.15. The maximum absolute atomic E-state index is 12.8. The SMILES string of the molecule is COc1ccc(C(=O)N(CC2CCOC2)C2CC2)cc1[N+](=O)[O-]. The summed E-state index contributed by atoms with van der Waals surface area (Å²) in [6.45, 7) is 2.08. The van der Waals surface area contributed by atoms with Gasteiger partial charge in [-0.25, -0.2) is 0 Å². The molecular formula is C16H20N2O5. The molecule has 0 aromatic heterocycles. The minimum Gasteiger partial charge on any atom is -0.490 e. The smallest absolute Gasteiger partial charge is 0.311 e. The van der Waals surface area contributed by atoms with E-state index in [0.29, 0.717) is 24.6 Å². The van der Waals surface area contributed by atoms with Gasteiger partial charge in [0, 0.05) is 36.7 Å². The molecule has 1 saturated carbocycles. The molecule has 23 heavy (non-hydrogen) atoms. The summed E-state index contributed by atoms with van der Waals surface area (Å²) in [6, 6.07) is 4.63. The summed E-state index contributed by atoms with van der Waals surface area (Å²) in [5.74, 6) is 0.367. The van der Waals surface area contributed by atoms with Crippen LogP contribution in [0.3, 0.4) is 0 Å². The van der Waals surface area contributed by atoms with Crippen LogP contribution in [0, 0.1) is 16.0 Å². The van der Waals surface area contributed by atoms with Crippen molar-refractivity contribution in [3.63, 3.8) is 0 Å². The second-order valence-electron chi connectivity index (χ2n) is 6.06. The van der Waals surface area contributed by atoms with Crippen molar-refractivity contribution in [3.05, 3.63) is 33.9 Å². The van der Waals surface area contributed by atoms with E-state index in [9.17, 15) is 14.9 Å². The number of nitrogens with zero attached hydrogens (tertiary/aromatic N) is 2. The molecule has 7 heteroatoms. The Labute approximate surface area is 134 Å². The van der Waals surface area contributed by atoms with E-state index in [1.54, 1.807) is 6.07 Å². The van der Waals surface area contributed by atoms with Crippen molar-refractivity contribution in [3.8, 4) is 5.75 Å². The van der Waals surface area contributed by atoms with Gasteiger partial charge in [0.05, 0.1) is 18.6 Å². The lowest BCUT2D eigenvalue weighted by molar-refractivity contribution is -0.385. The van der Waals surface area contributed by atoms with Crippen molar-refractivity contribution in [2.45, 2.75) is 25.3 Å². The quantitative estimate of drug-likeness (QED) is 0.593. The van der Waals surface area contributed by atoms with Gasteiger partial charge in [0.25, 0.3) is 5.91 Å². The van der Waals surface area contributed by atoms with Crippen LogP contribution in [0.4, 0.5) is 5.69 Å². The maximum atomic E-state index is 12.8. The topological polar surface area (TPSA) is 81.9 Å². The molecule has 1 atom stereocenters. The van der Waals surface area contributed by atoms with Crippen LogP contribution in [-0.2, 0) is 4.74 Å². The molecular weight excluding hydrogens is 300 g/mol. The molecule has 1 aliphatic heterocycles. The zero-order valence-corrected chi connectivity index (χ0v) is 13.1. The molecule has 0 spiro atoms. The van der Waals surface area contributed by atoms with E-state index < -0.39 is 4.92 Å². The Bertz CT molecular complexity index is 608. The summed E-state index contributed by atoms with van der Waals surface area (Å²) in [6.07, 6.45) is 2.95. The number of methoxy groups -OCH3 is 1. The number of ether oxygens (including phenoxy) is 2. The molecule has 2 fully saturated rings. The molecule has 1 heterocycles. The minimum absolute atomic E-state index is 0.148. The van der Waals surface area contributed by atoms with Crippen molar-refractivity contribution in [2.75, 3.05) is 26.9 Å². The molecule has 7 nitrogen and oxygen atoms in total. The van der Waals surface area contributed by atoms with E-state index in [1.165, 1.54) is 19.2 Å². The predicted molar refractivity (Wildman–Crippen MR) is 82.6 cm³/mol. The fourth-order valence-electron chi connectivity index (χ4n) is 2.92. The van der Waals surface area contributed by atoms with Gasteiger partial charge in [-0.2, -0.15) is 0 Å². The normalized spacial score (nSPS) is 20.3. The molecule has 1 amide bonds. The van der Waals surface area contributed by atoms with Crippen LogP contribution >= 0.6 is 0 Å². The van der Waals surface area contributed by atoms with Gasteiger partial charge in [0.1, 0.15) is 0 Å². The highest BCUT2D eigenvalue weighted by atomic mass is 16.6. The fourth-order valence-corrected chi connectivity index (χ4v) is 2.92. The molecule has 3 rings (SSSR count). The third kappa shape index (κ3) is 3.44. The van der Waals surface area contributed by atoms with E-state index in [1.807, 2.05) is 4.90 Å². The summed E-state index contributed by atoms with van der Waals surface area (Å²) in [7, 11) is 1.38. The highest BCUT2D eigenvalue weighted by molar-refractivity contribution is 5.95. The Morgan fingerprint density at radius 3 is 2.78 bits per heavy atom. The first kappa shape index (κ1) is 15.7. The van der Waals surface area contributed by atoms with Gasteiger partial charge in [-0.1, -0.05) is 0 Å². The third-order valence-electron chi connectivity index (χ3n) is 4.35. The van der Waals surface area contributed by atoms with Crippen LogP contribution < -0.4 is 4.74 Å². The number of nitro groups is 1. The minimum atomic E-state index is -0.526. The predicted octanol–water partition coefficient (Wildman–Crippen LogP) is 2.24. The van der Waals surface area contributed by atoms with E-state index in [4.69, 9.17) is 9.47 Å². The lowest BCUT2D eigenvalue weighted by Gasteiger charge is -2.25. The largest absolute Gasteiger partial charge is 0.490 e. The Kier molecular flexibility index (Phi) is 4.47. The number of rotatable bonds is 6. The highest BCUT2D eigenvalue weighted by Crippen LogP contribution is 2.32. The summed E-state index contributed by atoms with van der Waals surface area (Å²) in [5, 5.41) is 11.1. The second kappa shape index (κ2) is 6.54. The first-order valence-electron chi connectivity index (χ1n) is 7.81. The van der Waals surface area contributed by atoms with Crippen molar-refractivity contribution >= 4 is 11.6 Å². The molecule has 0 bridgehead atoms. The summed E-state index contributed by atoms with van der Waals surface area (Å²) < 4.78 is 10.4. The molecule has 0 N–H and O–H groups in total. The van der Waals surface area contributed by atoms with Gasteiger partial charge < -0.3 is 14.4 Å². The van der Waals surface area contributed by atoms with Crippen molar-refractivity contribution in [2.24, 2.45) is 5.92 Å². The Balaban J connectivity index is 1.81. The zero-order chi connectivity index (χ0) is 16.4. The van der Waals surface area contributed by atoms with Crippen molar-refractivity contribution in [1.82, 2.24) is 4.90 Å². The van der Waals surface area contributed by atoms with E-state index in [-0.39, 0.29) is 23.4 Å². The van der Waals surface area contributed by atoms with Crippen LogP contribution in [0.15, 0.2) is 18.2 Å². The number of benzene rings is 1. The van der Waals surface area contributed by atoms with Gasteiger partial charge in [0.2, 0.25) is 0 Å². The maximum Gasteiger partial charge on any atom is 0.311 e. The number of carbonyl (C=O) groups is 1. The van der Waals surface area contributed by atoms with Crippen molar-refractivity contribution < 1.29 is 19.2 Å². The standard InChI is InChI=1S/C16H20N2O5/c1-22-15-5-2-12(8-14(15)18(20)21)16(19)17(13-3-4-13)9-11-6-7-23-10-11/h2,5,8,11,13H,3-4,6-7,9-10H2,1H3. The van der Waals surface area contributed by atoms with Gasteiger partial charge in [0.15, 0.2) is 5.75 Å². The summed E-state index contributed by atoms with van der Waals surface area (Å²) in [5.41, 5.74) is 0.154. The second-order valence-corrected chi connectivity index (χ2v) is 6.06. The molecule has 1 aromatic rings. The molecule has 1 aromatic carbocycles. The van der Waals surface area contributed by atoms with Crippen LogP contribution in [-0.4, -0.2) is 48.6 Å². The average Bonchev–Trinajstić information content (AvgIpc) is 3.27. The van der Waals surface area contributed by atoms with Crippen LogP contribution in [0.1, 0.15) is 29.6 Å². The van der Waals surface area contributed by atoms with Crippen LogP contribution in [0.25, 0.3) is 0 Å². The molecule has 0 radical (unpaired) electrons. The van der Waals surface area contributed by atoms with Gasteiger partial charge in [-0.3, -0.25) is 14.9 Å². The van der Waals surface area contributed by atoms with Crippen LogP contribution in [0.2, 0.25) is 0 Å². The van der Waals surface area contributed by atoms with E-state index in [0.717, 1.165) is 25.9 Å². The van der Waals surface area contributed by atoms with Gasteiger partial charge >= 0.3 is 5.69 Å². The fraction of sp³-hybridized carbons (Fsp3) is 0.562. The van der Waals surface area contributed by atoms with Crippen LogP contribution in [0.5, 0.6) is 5.75 Å². The molecule has 124 valence electrons. The van der Waals surface area contributed by atoms with Crippen molar-refractivity contribution in [1.29, 1.82) is 0 Å². The van der Waals surface area contributed by atoms with E-state index >= 15 is 0 Å². The molecule has 1 aliphatic carbocycles. The Morgan fingerprint density at radius 2 is 2.22 bits per heavy atom. The number of amides is 1. The average molecular weight is 320 g/mol. The molecule has 2 aliphatic rings. The van der Waals surface area contributed by atoms with Gasteiger partial charge in [-0.15, -0.1) is 0 Å². The van der Waals surface area contributed by atoms with Gasteiger partial charge in [-0.05, 0) is 31.4 Å². The molecule has 1 saturated heterocycles. The number of nitro benzene ring substituents is 1. The monoisotopic (exact) mass is 320 g/mol. The number of hydrogen-bond donors (Lipinski definition) is 0. The summed E-state index contributed by atoms with van der Waals surface area (Å²) >= 11 is 0.